The van der Waals surface area contributed by atoms with E-state index in [0.717, 1.165) is 19.2 Å². The van der Waals surface area contributed by atoms with Gasteiger partial charge in [0.25, 0.3) is 0 Å². The van der Waals surface area contributed by atoms with Gasteiger partial charge in [-0.3, -0.25) is 4.68 Å². The molecule has 0 saturated heterocycles. The molecule has 0 atom stereocenters. The molecule has 0 aliphatic rings. The van der Waals surface area contributed by atoms with Gasteiger partial charge < -0.3 is 9.47 Å². The Morgan fingerprint density at radius 3 is 2.55 bits per heavy atom. The molecule has 0 aliphatic heterocycles. The van der Waals surface area contributed by atoms with Crippen molar-refractivity contribution in [2.24, 2.45) is 12.2 Å². The standard InChI is InChI=1S/C20H16F3N5O4S/c1-28-16-5-10(6-25-15(16)8-27-28)32-9-12-13(21)4-3-11(18(12)23)17-14(22)7-26-20(31-2)19(17)33(24,29)30/h3-8H,9H2,1-2H3,(H2,24,29,30). The zero-order valence-electron chi connectivity index (χ0n) is 17.2. The predicted molar refractivity (Wildman–Crippen MR) is 110 cm³/mol. The monoisotopic (exact) mass is 479 g/mol. The molecule has 0 bridgehead atoms. The lowest BCUT2D eigenvalue weighted by atomic mass is 10.0. The van der Waals surface area contributed by atoms with Crippen LogP contribution in [0.1, 0.15) is 5.56 Å². The van der Waals surface area contributed by atoms with Gasteiger partial charge in [-0.25, -0.2) is 36.7 Å². The number of rotatable bonds is 6. The molecule has 3 aromatic heterocycles. The highest BCUT2D eigenvalue weighted by molar-refractivity contribution is 7.89. The maximum Gasteiger partial charge on any atom is 0.244 e. The van der Waals surface area contributed by atoms with Crippen molar-refractivity contribution in [3.63, 3.8) is 0 Å². The Hall–Kier alpha value is -3.71. The lowest BCUT2D eigenvalue weighted by Gasteiger charge is -2.15. The topological polar surface area (TPSA) is 122 Å². The summed E-state index contributed by atoms with van der Waals surface area (Å²) in [6.45, 7) is -0.592. The second-order valence-corrected chi connectivity index (χ2v) is 8.38. The first-order valence-corrected chi connectivity index (χ1v) is 10.8. The molecule has 0 fully saturated rings. The minimum absolute atomic E-state index is 0.206. The number of pyridine rings is 2. The molecule has 0 saturated carbocycles. The molecule has 0 radical (unpaired) electrons. The Morgan fingerprint density at radius 2 is 1.85 bits per heavy atom. The van der Waals surface area contributed by atoms with Crippen LogP contribution in [-0.4, -0.2) is 35.3 Å². The second-order valence-electron chi connectivity index (χ2n) is 6.88. The van der Waals surface area contributed by atoms with Crippen molar-refractivity contribution in [1.82, 2.24) is 19.7 Å². The van der Waals surface area contributed by atoms with Crippen molar-refractivity contribution >= 4 is 21.1 Å². The summed E-state index contributed by atoms with van der Waals surface area (Å²) in [5.41, 5.74) is -0.626. The van der Waals surface area contributed by atoms with Gasteiger partial charge in [-0.1, -0.05) is 0 Å². The van der Waals surface area contributed by atoms with Crippen molar-refractivity contribution in [2.45, 2.75) is 11.5 Å². The van der Waals surface area contributed by atoms with Crippen molar-refractivity contribution in [3.8, 4) is 22.8 Å². The number of benzene rings is 1. The van der Waals surface area contributed by atoms with Crippen LogP contribution in [0.15, 0.2) is 41.7 Å². The van der Waals surface area contributed by atoms with Crippen molar-refractivity contribution in [1.29, 1.82) is 0 Å². The summed E-state index contributed by atoms with van der Waals surface area (Å²) in [5, 5.41) is 9.24. The van der Waals surface area contributed by atoms with Gasteiger partial charge in [0.15, 0.2) is 10.7 Å². The van der Waals surface area contributed by atoms with Crippen LogP contribution in [-0.2, 0) is 23.7 Å². The molecular formula is C20H16F3N5O4S. The van der Waals surface area contributed by atoms with Gasteiger partial charge in [0.05, 0.1) is 36.8 Å². The van der Waals surface area contributed by atoms with Crippen LogP contribution >= 0.6 is 0 Å². The first-order chi connectivity index (χ1) is 15.6. The van der Waals surface area contributed by atoms with Gasteiger partial charge in [-0.15, -0.1) is 0 Å². The molecule has 9 nitrogen and oxygen atoms in total. The summed E-state index contributed by atoms with van der Waals surface area (Å²) in [4.78, 5) is 6.81. The fourth-order valence-corrected chi connectivity index (χ4v) is 4.15. The number of nitrogens with zero attached hydrogens (tertiary/aromatic N) is 4. The van der Waals surface area contributed by atoms with Gasteiger partial charge in [-0.2, -0.15) is 5.10 Å². The van der Waals surface area contributed by atoms with Gasteiger partial charge in [0.1, 0.15) is 29.5 Å². The highest BCUT2D eigenvalue weighted by Gasteiger charge is 2.29. The van der Waals surface area contributed by atoms with E-state index in [2.05, 4.69) is 15.1 Å². The third kappa shape index (κ3) is 4.07. The van der Waals surface area contributed by atoms with Crippen LogP contribution < -0.4 is 14.6 Å². The van der Waals surface area contributed by atoms with Crippen LogP contribution in [0.4, 0.5) is 13.2 Å². The Labute approximate surface area is 185 Å². The van der Waals surface area contributed by atoms with Crippen molar-refractivity contribution in [2.75, 3.05) is 7.11 Å². The maximum atomic E-state index is 15.4. The fraction of sp³-hybridized carbons (Fsp3) is 0.150. The van der Waals surface area contributed by atoms with Crippen LogP contribution in [0.5, 0.6) is 11.6 Å². The highest BCUT2D eigenvalue weighted by atomic mass is 32.2. The number of aromatic nitrogens is 4. The number of halogens is 3. The Morgan fingerprint density at radius 1 is 1.09 bits per heavy atom. The number of sulfonamides is 1. The third-order valence-electron chi connectivity index (χ3n) is 4.85. The number of fused-ring (bicyclic) bond motifs is 1. The van der Waals surface area contributed by atoms with E-state index in [-0.39, 0.29) is 5.75 Å². The lowest BCUT2D eigenvalue weighted by Crippen LogP contribution is -2.17. The number of nitrogens with two attached hydrogens (primary N) is 1. The van der Waals surface area contributed by atoms with Gasteiger partial charge in [0.2, 0.25) is 15.9 Å². The fourth-order valence-electron chi connectivity index (χ4n) is 3.28. The summed E-state index contributed by atoms with van der Waals surface area (Å²) >= 11 is 0. The Bertz CT molecular complexity index is 1490. The molecule has 2 N–H and O–H groups in total. The average Bonchev–Trinajstić information content (AvgIpc) is 3.13. The first-order valence-electron chi connectivity index (χ1n) is 9.25. The summed E-state index contributed by atoms with van der Waals surface area (Å²) in [6, 6.07) is 3.34. The van der Waals surface area contributed by atoms with E-state index in [0.29, 0.717) is 17.2 Å². The van der Waals surface area contributed by atoms with Gasteiger partial charge in [0, 0.05) is 24.2 Å². The molecule has 0 unspecified atom stereocenters. The Balaban J connectivity index is 1.79. The SMILES string of the molecule is COc1ncc(F)c(-c2ccc(F)c(COc3cnc4cnn(C)c4c3)c2F)c1S(N)(=O)=O. The van der Waals surface area contributed by atoms with E-state index in [9.17, 15) is 17.2 Å². The smallest absolute Gasteiger partial charge is 0.244 e. The van der Waals surface area contributed by atoms with E-state index in [1.54, 1.807) is 24.0 Å². The molecular weight excluding hydrogens is 463 g/mol. The summed E-state index contributed by atoms with van der Waals surface area (Å²) < 4.78 is 80.6. The molecule has 4 rings (SSSR count). The average molecular weight is 479 g/mol. The molecule has 13 heteroatoms. The quantitative estimate of drug-likeness (QED) is 0.451. The van der Waals surface area contributed by atoms with Crippen LogP contribution in [0.2, 0.25) is 0 Å². The zero-order chi connectivity index (χ0) is 23.9. The Kier molecular flexibility index (Phi) is 5.68. The minimum atomic E-state index is -4.60. The lowest BCUT2D eigenvalue weighted by molar-refractivity contribution is 0.292. The van der Waals surface area contributed by atoms with Crippen LogP contribution in [0, 0.1) is 17.5 Å². The van der Waals surface area contributed by atoms with Crippen LogP contribution in [0.3, 0.4) is 0 Å². The van der Waals surface area contributed by atoms with E-state index in [1.165, 1.54) is 6.20 Å². The largest absolute Gasteiger partial charge is 0.487 e. The number of ether oxygens (including phenoxy) is 2. The number of hydrogen-bond donors (Lipinski definition) is 1. The molecule has 0 spiro atoms. The number of aryl methyl sites for hydroxylation is 1. The van der Waals surface area contributed by atoms with E-state index in [1.807, 2.05) is 0 Å². The van der Waals surface area contributed by atoms with Gasteiger partial charge in [-0.05, 0) is 12.1 Å². The maximum absolute atomic E-state index is 15.4. The molecule has 0 aliphatic carbocycles. The molecule has 3 heterocycles. The molecule has 33 heavy (non-hydrogen) atoms. The van der Waals surface area contributed by atoms with E-state index in [4.69, 9.17) is 14.6 Å². The van der Waals surface area contributed by atoms with E-state index < -0.39 is 61.5 Å². The first kappa shape index (κ1) is 22.5. The zero-order valence-corrected chi connectivity index (χ0v) is 18.0. The van der Waals surface area contributed by atoms with Gasteiger partial charge >= 0.3 is 0 Å². The molecule has 4 aromatic rings. The summed E-state index contributed by atoms with van der Waals surface area (Å²) in [7, 11) is -1.82. The molecule has 1 aromatic carbocycles. The van der Waals surface area contributed by atoms with E-state index >= 15 is 4.39 Å². The second kappa shape index (κ2) is 8.33. The van der Waals surface area contributed by atoms with Crippen LogP contribution in [0.25, 0.3) is 22.2 Å². The third-order valence-corrected chi connectivity index (χ3v) is 5.79. The summed E-state index contributed by atoms with van der Waals surface area (Å²) in [5.74, 6) is -3.74. The number of hydrogen-bond acceptors (Lipinski definition) is 7. The number of primary sulfonamides is 1. The highest BCUT2D eigenvalue weighted by Crippen LogP contribution is 2.37. The predicted octanol–water partition coefficient (Wildman–Crippen LogP) is 2.68. The number of methoxy groups -OCH3 is 1. The summed E-state index contributed by atoms with van der Waals surface area (Å²) in [6.07, 6.45) is 3.55. The van der Waals surface area contributed by atoms with Crippen molar-refractivity contribution < 1.29 is 31.1 Å². The normalized spacial score (nSPS) is 11.7. The van der Waals surface area contributed by atoms with Crippen molar-refractivity contribution in [3.05, 3.63) is 59.8 Å². The molecule has 0 amide bonds. The molecule has 172 valence electrons. The minimum Gasteiger partial charge on any atom is -0.487 e.